The number of aryl methyl sites for hydroxylation is 1. The molecule has 100 valence electrons. The van der Waals surface area contributed by atoms with Gasteiger partial charge in [0.1, 0.15) is 5.75 Å². The molecule has 0 heterocycles. The fraction of sp³-hybridized carbons (Fsp3) is 0.294. The molecule has 0 amide bonds. The quantitative estimate of drug-likeness (QED) is 0.791. The molecular weight excluding hydrogens is 300 g/mol. The lowest BCUT2D eigenvalue weighted by atomic mass is 9.92. The molecule has 0 unspecified atom stereocenters. The lowest BCUT2D eigenvalue weighted by molar-refractivity contribution is 0.472. The second-order valence-electron chi connectivity index (χ2n) is 5.09. The van der Waals surface area contributed by atoms with Gasteiger partial charge in [0, 0.05) is 0 Å². The molecule has 0 atom stereocenters. The van der Waals surface area contributed by atoms with Crippen LogP contribution in [0.25, 0.3) is 11.1 Å². The Hall–Kier alpha value is -1.28. The van der Waals surface area contributed by atoms with Crippen molar-refractivity contribution >= 4 is 15.9 Å². The summed E-state index contributed by atoms with van der Waals surface area (Å²) in [6.45, 7) is 6.58. The summed E-state index contributed by atoms with van der Waals surface area (Å²) in [6.07, 6.45) is 1.01. The van der Waals surface area contributed by atoms with Gasteiger partial charge in [0.2, 0.25) is 0 Å². The van der Waals surface area contributed by atoms with Gasteiger partial charge in [-0.2, -0.15) is 0 Å². The minimum Gasteiger partial charge on any atom is -0.507 e. The summed E-state index contributed by atoms with van der Waals surface area (Å²) in [7, 11) is 0. The first-order valence-corrected chi connectivity index (χ1v) is 7.44. The SMILES string of the molecule is CCc1ccc(C(C)C)cc1-c1ccc(O)c(Br)c1. The van der Waals surface area contributed by atoms with Crippen LogP contribution in [0.5, 0.6) is 5.75 Å². The Labute approximate surface area is 123 Å². The van der Waals surface area contributed by atoms with E-state index in [-0.39, 0.29) is 5.75 Å². The number of phenolic OH excluding ortho intramolecular Hbond substituents is 1. The normalized spacial score (nSPS) is 11.0. The van der Waals surface area contributed by atoms with Crippen molar-refractivity contribution in [3.05, 3.63) is 52.0 Å². The molecule has 2 heteroatoms. The predicted molar refractivity (Wildman–Crippen MR) is 84.7 cm³/mol. The summed E-state index contributed by atoms with van der Waals surface area (Å²) in [5.41, 5.74) is 5.08. The topological polar surface area (TPSA) is 20.2 Å². The number of halogens is 1. The Morgan fingerprint density at radius 3 is 2.42 bits per heavy atom. The first-order chi connectivity index (χ1) is 9.02. The van der Waals surface area contributed by atoms with E-state index in [4.69, 9.17) is 0 Å². The first kappa shape index (κ1) is 14.1. The molecule has 1 nitrogen and oxygen atoms in total. The molecule has 2 aromatic rings. The Balaban J connectivity index is 2.58. The van der Waals surface area contributed by atoms with Gasteiger partial charge in [0.25, 0.3) is 0 Å². The van der Waals surface area contributed by atoms with Crippen LogP contribution in [0.4, 0.5) is 0 Å². The molecule has 0 fully saturated rings. The molecule has 0 aliphatic carbocycles. The van der Waals surface area contributed by atoms with Crippen molar-refractivity contribution in [3.8, 4) is 16.9 Å². The molecule has 0 spiro atoms. The average molecular weight is 319 g/mol. The second-order valence-corrected chi connectivity index (χ2v) is 5.95. The molecule has 0 aliphatic rings. The van der Waals surface area contributed by atoms with Crippen LogP contribution in [-0.4, -0.2) is 5.11 Å². The van der Waals surface area contributed by atoms with Crippen molar-refractivity contribution < 1.29 is 5.11 Å². The zero-order valence-corrected chi connectivity index (χ0v) is 13.2. The van der Waals surface area contributed by atoms with Crippen LogP contribution in [0.15, 0.2) is 40.9 Å². The average Bonchev–Trinajstić information content (AvgIpc) is 2.41. The number of rotatable bonds is 3. The third-order valence-corrected chi connectivity index (χ3v) is 4.08. The predicted octanol–water partition coefficient (Wildman–Crippen LogP) is 5.51. The van der Waals surface area contributed by atoms with Crippen LogP contribution in [0.2, 0.25) is 0 Å². The molecule has 0 saturated carbocycles. The summed E-state index contributed by atoms with van der Waals surface area (Å²) >= 11 is 3.39. The zero-order chi connectivity index (χ0) is 14.0. The van der Waals surface area contributed by atoms with Crippen molar-refractivity contribution in [1.82, 2.24) is 0 Å². The van der Waals surface area contributed by atoms with E-state index in [1.54, 1.807) is 6.07 Å². The van der Waals surface area contributed by atoms with Gasteiger partial charge in [-0.3, -0.25) is 0 Å². The van der Waals surface area contributed by atoms with Crippen LogP contribution >= 0.6 is 15.9 Å². The van der Waals surface area contributed by atoms with E-state index in [1.165, 1.54) is 16.7 Å². The third-order valence-electron chi connectivity index (χ3n) is 3.44. The molecule has 0 bridgehead atoms. The summed E-state index contributed by atoms with van der Waals surface area (Å²) in [5, 5.41) is 9.61. The van der Waals surface area contributed by atoms with Crippen LogP contribution < -0.4 is 0 Å². The van der Waals surface area contributed by atoms with Crippen LogP contribution in [0.1, 0.15) is 37.8 Å². The van der Waals surface area contributed by atoms with Gasteiger partial charge >= 0.3 is 0 Å². The van der Waals surface area contributed by atoms with Crippen molar-refractivity contribution in [2.24, 2.45) is 0 Å². The lowest BCUT2D eigenvalue weighted by Crippen LogP contribution is -1.93. The number of aromatic hydroxyl groups is 1. The standard InChI is InChI=1S/C17H19BrO/c1-4-12-5-6-13(11(2)3)9-15(12)14-7-8-17(19)16(18)10-14/h5-11,19H,4H2,1-3H3. The van der Waals surface area contributed by atoms with Crippen molar-refractivity contribution in [2.45, 2.75) is 33.1 Å². The van der Waals surface area contributed by atoms with Crippen molar-refractivity contribution in [3.63, 3.8) is 0 Å². The highest BCUT2D eigenvalue weighted by Gasteiger charge is 2.09. The summed E-state index contributed by atoms with van der Waals surface area (Å²) in [6, 6.07) is 12.4. The van der Waals surface area contributed by atoms with Crippen LogP contribution in [0.3, 0.4) is 0 Å². The Morgan fingerprint density at radius 2 is 1.84 bits per heavy atom. The van der Waals surface area contributed by atoms with Gasteiger partial charge in [-0.25, -0.2) is 0 Å². The first-order valence-electron chi connectivity index (χ1n) is 6.64. The highest BCUT2D eigenvalue weighted by molar-refractivity contribution is 9.10. The zero-order valence-electron chi connectivity index (χ0n) is 11.6. The van der Waals surface area contributed by atoms with Gasteiger partial charge in [0.05, 0.1) is 4.47 Å². The summed E-state index contributed by atoms with van der Waals surface area (Å²) < 4.78 is 0.738. The minimum atomic E-state index is 0.279. The van der Waals surface area contributed by atoms with Gasteiger partial charge in [0.15, 0.2) is 0 Å². The Bertz CT molecular complexity index is 588. The van der Waals surface area contributed by atoms with Crippen LogP contribution in [0, 0.1) is 0 Å². The van der Waals surface area contributed by atoms with Gasteiger partial charge in [-0.1, -0.05) is 45.0 Å². The maximum atomic E-state index is 9.61. The summed E-state index contributed by atoms with van der Waals surface area (Å²) in [5.74, 6) is 0.798. The molecule has 0 aliphatic heterocycles. The molecular formula is C17H19BrO. The van der Waals surface area contributed by atoms with Crippen molar-refractivity contribution in [1.29, 1.82) is 0 Å². The van der Waals surface area contributed by atoms with Crippen LogP contribution in [-0.2, 0) is 6.42 Å². The molecule has 1 N–H and O–H groups in total. The van der Waals surface area contributed by atoms with Crippen molar-refractivity contribution in [2.75, 3.05) is 0 Å². The van der Waals surface area contributed by atoms with E-state index in [0.29, 0.717) is 5.92 Å². The maximum absolute atomic E-state index is 9.61. The minimum absolute atomic E-state index is 0.279. The molecule has 0 aromatic heterocycles. The maximum Gasteiger partial charge on any atom is 0.129 e. The molecule has 2 rings (SSSR count). The number of hydrogen-bond donors (Lipinski definition) is 1. The highest BCUT2D eigenvalue weighted by Crippen LogP contribution is 2.33. The Kier molecular flexibility index (Phi) is 4.31. The number of phenols is 1. The third kappa shape index (κ3) is 3.01. The second kappa shape index (κ2) is 5.79. The molecule has 0 radical (unpaired) electrons. The smallest absolute Gasteiger partial charge is 0.129 e. The monoisotopic (exact) mass is 318 g/mol. The summed E-state index contributed by atoms with van der Waals surface area (Å²) in [4.78, 5) is 0. The van der Waals surface area contributed by atoms with E-state index in [9.17, 15) is 5.11 Å². The van der Waals surface area contributed by atoms with E-state index < -0.39 is 0 Å². The molecule has 0 saturated heterocycles. The van der Waals surface area contributed by atoms with E-state index in [0.717, 1.165) is 16.5 Å². The van der Waals surface area contributed by atoms with E-state index in [1.807, 2.05) is 12.1 Å². The van der Waals surface area contributed by atoms with Gasteiger partial charge in [-0.15, -0.1) is 0 Å². The van der Waals surface area contributed by atoms with E-state index in [2.05, 4.69) is 54.9 Å². The fourth-order valence-electron chi connectivity index (χ4n) is 2.20. The fourth-order valence-corrected chi connectivity index (χ4v) is 2.58. The Morgan fingerprint density at radius 1 is 1.11 bits per heavy atom. The molecule has 2 aromatic carbocycles. The van der Waals surface area contributed by atoms with Gasteiger partial charge in [-0.05, 0) is 62.7 Å². The number of hydrogen-bond acceptors (Lipinski definition) is 1. The van der Waals surface area contributed by atoms with Gasteiger partial charge < -0.3 is 5.11 Å². The molecule has 19 heavy (non-hydrogen) atoms. The highest BCUT2D eigenvalue weighted by atomic mass is 79.9. The largest absolute Gasteiger partial charge is 0.507 e. The number of benzene rings is 2. The lowest BCUT2D eigenvalue weighted by Gasteiger charge is -2.13. The van der Waals surface area contributed by atoms with E-state index >= 15 is 0 Å².